The average molecular weight is 282 g/mol. The van der Waals surface area contributed by atoms with Gasteiger partial charge in [-0.3, -0.25) is 0 Å². The van der Waals surface area contributed by atoms with E-state index in [1.54, 1.807) is 0 Å². The molecule has 2 heteroatoms. The van der Waals surface area contributed by atoms with Crippen molar-refractivity contribution in [1.82, 2.24) is 4.90 Å². The maximum Gasteiger partial charge on any atom is 0.0440 e. The van der Waals surface area contributed by atoms with Crippen LogP contribution in [0.3, 0.4) is 0 Å². The lowest BCUT2D eigenvalue weighted by molar-refractivity contribution is 0.402. The van der Waals surface area contributed by atoms with Gasteiger partial charge < -0.3 is 9.80 Å². The Morgan fingerprint density at radius 3 is 1.62 bits per heavy atom. The Bertz CT molecular complexity index is 530. The molecule has 2 aromatic rings. The fourth-order valence-corrected chi connectivity index (χ4v) is 2.65. The Morgan fingerprint density at radius 1 is 0.714 bits per heavy atom. The molecule has 2 nitrogen and oxygen atoms in total. The molecular weight excluding hydrogens is 256 g/mol. The summed E-state index contributed by atoms with van der Waals surface area (Å²) in [5, 5.41) is 0. The first-order valence-electron chi connectivity index (χ1n) is 7.63. The molecule has 0 saturated heterocycles. The minimum atomic E-state index is 1.04. The second-order valence-electron chi connectivity index (χ2n) is 5.88. The predicted molar refractivity (Wildman–Crippen MR) is 92.5 cm³/mol. The van der Waals surface area contributed by atoms with Crippen molar-refractivity contribution in [2.24, 2.45) is 0 Å². The monoisotopic (exact) mass is 282 g/mol. The zero-order valence-corrected chi connectivity index (χ0v) is 13.6. The first-order chi connectivity index (χ1) is 10.1. The number of hydrogen-bond donors (Lipinski definition) is 0. The van der Waals surface area contributed by atoms with Gasteiger partial charge >= 0.3 is 0 Å². The largest absolute Gasteiger partial charge is 0.341 e. The lowest BCUT2D eigenvalue weighted by Gasteiger charge is -2.28. The first-order valence-corrected chi connectivity index (χ1v) is 7.63. The second kappa shape index (κ2) is 7.28. The third-order valence-electron chi connectivity index (χ3n) is 3.80. The Kier molecular flexibility index (Phi) is 5.40. The number of anilines is 2. The van der Waals surface area contributed by atoms with Crippen molar-refractivity contribution in [1.29, 1.82) is 0 Å². The van der Waals surface area contributed by atoms with Gasteiger partial charge in [-0.15, -0.1) is 0 Å². The highest BCUT2D eigenvalue weighted by Crippen LogP contribution is 2.30. The average Bonchev–Trinajstić information content (AvgIpc) is 2.45. The van der Waals surface area contributed by atoms with Crippen molar-refractivity contribution in [2.45, 2.75) is 20.3 Å². The molecule has 2 rings (SSSR count). The Morgan fingerprint density at radius 2 is 1.19 bits per heavy atom. The molecule has 0 aliphatic heterocycles. The molecule has 0 saturated carbocycles. The summed E-state index contributed by atoms with van der Waals surface area (Å²) in [7, 11) is 4.26. The fraction of sp³-hybridized carbons (Fsp3) is 0.368. The molecule has 0 heterocycles. The van der Waals surface area contributed by atoms with Gasteiger partial charge in [-0.2, -0.15) is 0 Å². The smallest absolute Gasteiger partial charge is 0.0440 e. The molecule has 0 aliphatic carbocycles. The molecule has 0 unspecified atom stereocenters. The number of nitrogens with zero attached hydrogens (tertiary/aromatic N) is 2. The molecule has 112 valence electrons. The van der Waals surface area contributed by atoms with Gasteiger partial charge in [0.1, 0.15) is 0 Å². The summed E-state index contributed by atoms with van der Waals surface area (Å²) in [6.45, 7) is 6.52. The second-order valence-corrected chi connectivity index (χ2v) is 5.88. The van der Waals surface area contributed by atoms with Gasteiger partial charge in [0.05, 0.1) is 0 Å². The van der Waals surface area contributed by atoms with E-state index in [9.17, 15) is 0 Å². The van der Waals surface area contributed by atoms with Gasteiger partial charge in [0, 0.05) is 17.9 Å². The number of para-hydroxylation sites is 2. The van der Waals surface area contributed by atoms with Crippen LogP contribution in [0.1, 0.15) is 17.5 Å². The zero-order chi connectivity index (χ0) is 15.2. The van der Waals surface area contributed by atoms with Crippen LogP contribution in [0.25, 0.3) is 0 Å². The van der Waals surface area contributed by atoms with Crippen molar-refractivity contribution in [3.63, 3.8) is 0 Å². The van der Waals surface area contributed by atoms with Crippen molar-refractivity contribution in [2.75, 3.05) is 32.1 Å². The Labute approximate surface area is 129 Å². The van der Waals surface area contributed by atoms with Crippen LogP contribution in [0, 0.1) is 13.8 Å². The summed E-state index contributed by atoms with van der Waals surface area (Å²) in [6.07, 6.45) is 1.15. The third kappa shape index (κ3) is 4.08. The normalized spacial score (nSPS) is 10.9. The molecule has 21 heavy (non-hydrogen) atoms. The van der Waals surface area contributed by atoms with Crippen LogP contribution in [0.5, 0.6) is 0 Å². The van der Waals surface area contributed by atoms with E-state index in [-0.39, 0.29) is 0 Å². The highest BCUT2D eigenvalue weighted by atomic mass is 15.1. The van der Waals surface area contributed by atoms with Gasteiger partial charge in [0.15, 0.2) is 0 Å². The van der Waals surface area contributed by atoms with E-state index < -0.39 is 0 Å². The zero-order valence-electron chi connectivity index (χ0n) is 13.6. The Balaban J connectivity index is 2.31. The van der Waals surface area contributed by atoms with Crippen LogP contribution in [-0.4, -0.2) is 32.1 Å². The van der Waals surface area contributed by atoms with Crippen LogP contribution in [-0.2, 0) is 0 Å². The number of aryl methyl sites for hydroxylation is 2. The van der Waals surface area contributed by atoms with Crippen LogP contribution in [0.15, 0.2) is 48.5 Å². The summed E-state index contributed by atoms with van der Waals surface area (Å²) >= 11 is 0. The molecule has 0 bridgehead atoms. The van der Waals surface area contributed by atoms with Crippen molar-refractivity contribution in [3.8, 4) is 0 Å². The van der Waals surface area contributed by atoms with E-state index in [0.717, 1.165) is 19.5 Å². The van der Waals surface area contributed by atoms with Crippen LogP contribution in [0.4, 0.5) is 11.4 Å². The standard InChI is InChI=1S/C19H26N2/c1-16-10-5-7-12-18(16)21(15-9-14-20(3)4)19-13-8-6-11-17(19)2/h5-8,10-13H,9,14-15H2,1-4H3. The van der Waals surface area contributed by atoms with Crippen molar-refractivity contribution >= 4 is 11.4 Å². The lowest BCUT2D eigenvalue weighted by atomic mass is 10.1. The SMILES string of the molecule is Cc1ccccc1N(CCCN(C)C)c1ccccc1C. The maximum absolute atomic E-state index is 2.45. The maximum atomic E-state index is 2.45. The molecule has 0 radical (unpaired) electrons. The molecule has 0 atom stereocenters. The molecule has 0 N–H and O–H groups in total. The van der Waals surface area contributed by atoms with Gasteiger partial charge in [-0.05, 0) is 64.2 Å². The van der Waals surface area contributed by atoms with E-state index in [2.05, 4.69) is 86.3 Å². The van der Waals surface area contributed by atoms with Gasteiger partial charge in [0.25, 0.3) is 0 Å². The van der Waals surface area contributed by atoms with E-state index in [4.69, 9.17) is 0 Å². The van der Waals surface area contributed by atoms with E-state index in [1.165, 1.54) is 22.5 Å². The molecule has 0 fully saturated rings. The summed E-state index contributed by atoms with van der Waals surface area (Å²) in [6, 6.07) is 17.3. The minimum Gasteiger partial charge on any atom is -0.341 e. The summed E-state index contributed by atoms with van der Waals surface area (Å²) in [4.78, 5) is 4.70. The molecule has 0 amide bonds. The van der Waals surface area contributed by atoms with Crippen molar-refractivity contribution < 1.29 is 0 Å². The quantitative estimate of drug-likeness (QED) is 0.775. The van der Waals surface area contributed by atoms with Gasteiger partial charge in [-0.25, -0.2) is 0 Å². The number of benzene rings is 2. The fourth-order valence-electron chi connectivity index (χ4n) is 2.65. The molecule has 0 aromatic heterocycles. The summed E-state index contributed by atoms with van der Waals surface area (Å²) < 4.78 is 0. The highest BCUT2D eigenvalue weighted by molar-refractivity contribution is 5.68. The lowest BCUT2D eigenvalue weighted by Crippen LogP contribution is -2.24. The molecular formula is C19H26N2. The predicted octanol–water partition coefficient (Wildman–Crippen LogP) is 4.39. The topological polar surface area (TPSA) is 6.48 Å². The van der Waals surface area contributed by atoms with Gasteiger partial charge in [0.2, 0.25) is 0 Å². The molecule has 0 aliphatic rings. The highest BCUT2D eigenvalue weighted by Gasteiger charge is 2.13. The van der Waals surface area contributed by atoms with E-state index >= 15 is 0 Å². The van der Waals surface area contributed by atoms with Gasteiger partial charge in [-0.1, -0.05) is 36.4 Å². The van der Waals surface area contributed by atoms with Crippen LogP contribution >= 0.6 is 0 Å². The molecule has 2 aromatic carbocycles. The third-order valence-corrected chi connectivity index (χ3v) is 3.80. The van der Waals surface area contributed by atoms with E-state index in [0.29, 0.717) is 0 Å². The first kappa shape index (κ1) is 15.6. The van der Waals surface area contributed by atoms with Crippen LogP contribution < -0.4 is 4.90 Å². The molecule has 0 spiro atoms. The number of rotatable bonds is 6. The van der Waals surface area contributed by atoms with E-state index in [1.807, 2.05) is 0 Å². The minimum absolute atomic E-state index is 1.04. The number of hydrogen-bond acceptors (Lipinski definition) is 2. The summed E-state index contributed by atoms with van der Waals surface area (Å²) in [5.41, 5.74) is 5.27. The Hall–Kier alpha value is -1.80. The van der Waals surface area contributed by atoms with Crippen LogP contribution in [0.2, 0.25) is 0 Å². The van der Waals surface area contributed by atoms with Crippen molar-refractivity contribution in [3.05, 3.63) is 59.7 Å². The summed E-state index contributed by atoms with van der Waals surface area (Å²) in [5.74, 6) is 0.